The molecule has 1 heterocycles. The third-order valence-electron chi connectivity index (χ3n) is 2.79. The molecule has 0 bridgehead atoms. The highest BCUT2D eigenvalue weighted by Crippen LogP contribution is 2.17. The van der Waals surface area contributed by atoms with Gasteiger partial charge in [-0.1, -0.05) is 6.08 Å². The van der Waals surface area contributed by atoms with Crippen molar-refractivity contribution in [2.24, 2.45) is 0 Å². The molecule has 2 unspecified atom stereocenters. The average molecular weight is 269 g/mol. The van der Waals surface area contributed by atoms with Crippen LogP contribution in [0.2, 0.25) is 0 Å². The molecule has 0 radical (unpaired) electrons. The summed E-state index contributed by atoms with van der Waals surface area (Å²) in [6.45, 7) is 5.11. The monoisotopic (exact) mass is 269 g/mol. The van der Waals surface area contributed by atoms with E-state index in [2.05, 4.69) is 6.58 Å². The fraction of sp³-hybridized carbons (Fsp3) is 0.615. The Kier molecular flexibility index (Phi) is 5.85. The maximum absolute atomic E-state index is 11.9. The van der Waals surface area contributed by atoms with E-state index in [1.54, 1.807) is 6.92 Å². The first-order valence-corrected chi connectivity index (χ1v) is 6.30. The van der Waals surface area contributed by atoms with Crippen LogP contribution in [0.25, 0.3) is 0 Å². The fourth-order valence-electron chi connectivity index (χ4n) is 1.70. The van der Waals surface area contributed by atoms with Crippen molar-refractivity contribution < 1.29 is 24.3 Å². The van der Waals surface area contributed by atoms with E-state index in [0.717, 1.165) is 0 Å². The zero-order chi connectivity index (χ0) is 14.4. The van der Waals surface area contributed by atoms with Crippen LogP contribution < -0.4 is 0 Å². The molecule has 6 nitrogen and oxygen atoms in total. The molecular weight excluding hydrogens is 250 g/mol. The normalized spacial score (nSPS) is 18.5. The van der Waals surface area contributed by atoms with Crippen LogP contribution in [-0.2, 0) is 19.2 Å². The topological polar surface area (TPSA) is 83.9 Å². The number of hydrogen-bond acceptors (Lipinski definition) is 5. The minimum Gasteiger partial charge on any atom is -0.393 e. The van der Waals surface area contributed by atoms with Crippen molar-refractivity contribution in [2.45, 2.75) is 51.2 Å². The van der Waals surface area contributed by atoms with Crippen LogP contribution >= 0.6 is 0 Å². The second kappa shape index (κ2) is 7.16. The van der Waals surface area contributed by atoms with Crippen molar-refractivity contribution >= 4 is 17.6 Å². The van der Waals surface area contributed by atoms with E-state index in [4.69, 9.17) is 9.94 Å². The summed E-state index contributed by atoms with van der Waals surface area (Å²) in [6.07, 6.45) is 0.907. The van der Waals surface area contributed by atoms with Gasteiger partial charge in [-0.05, 0) is 13.3 Å². The molecule has 0 aromatic heterocycles. The molecule has 6 heteroatoms. The molecule has 1 rings (SSSR count). The number of carbonyl (C=O) groups excluding carboxylic acids is 3. The molecule has 1 N–H and O–H groups in total. The van der Waals surface area contributed by atoms with Crippen molar-refractivity contribution in [3.8, 4) is 0 Å². The van der Waals surface area contributed by atoms with E-state index >= 15 is 0 Å². The second-order valence-corrected chi connectivity index (χ2v) is 4.55. The average Bonchev–Trinajstić information content (AvgIpc) is 2.66. The number of imide groups is 1. The van der Waals surface area contributed by atoms with Gasteiger partial charge < -0.3 is 5.11 Å². The second-order valence-electron chi connectivity index (χ2n) is 4.55. The number of hydrogen-bond donors (Lipinski definition) is 1. The van der Waals surface area contributed by atoms with Gasteiger partial charge in [-0.15, -0.1) is 6.58 Å². The summed E-state index contributed by atoms with van der Waals surface area (Å²) < 4.78 is 0. The van der Waals surface area contributed by atoms with Gasteiger partial charge in [-0.2, -0.15) is 5.06 Å². The standard InChI is InChI=1S/C13H19NO5/c1-3-4-11(10(16)6-5-9(2)15)19-14-12(17)7-8-13(14)18/h3,9,11,15H,1,4-8H2,2H3. The predicted octanol–water partition coefficient (Wildman–Crippen LogP) is 0.742. The number of ketones is 1. The van der Waals surface area contributed by atoms with Crippen LogP contribution in [0.4, 0.5) is 0 Å². The van der Waals surface area contributed by atoms with Crippen molar-refractivity contribution in [2.75, 3.05) is 0 Å². The first-order chi connectivity index (χ1) is 8.95. The highest BCUT2D eigenvalue weighted by molar-refractivity contribution is 6.00. The van der Waals surface area contributed by atoms with Crippen molar-refractivity contribution in [3.63, 3.8) is 0 Å². The Balaban J connectivity index is 2.61. The summed E-state index contributed by atoms with van der Waals surface area (Å²) in [6, 6.07) is 0. The number of Topliss-reactive ketones (excluding diaryl/α,β-unsaturated/α-hetero) is 1. The van der Waals surface area contributed by atoms with Crippen LogP contribution in [0.3, 0.4) is 0 Å². The summed E-state index contributed by atoms with van der Waals surface area (Å²) in [5.41, 5.74) is 0. The van der Waals surface area contributed by atoms with Crippen LogP contribution in [0, 0.1) is 0 Å². The highest BCUT2D eigenvalue weighted by Gasteiger charge is 2.34. The predicted molar refractivity (Wildman–Crippen MR) is 66.7 cm³/mol. The van der Waals surface area contributed by atoms with Gasteiger partial charge in [0.15, 0.2) is 5.78 Å². The smallest absolute Gasteiger partial charge is 0.254 e. The molecule has 1 fully saturated rings. The minimum absolute atomic E-state index is 0.113. The van der Waals surface area contributed by atoms with Crippen molar-refractivity contribution in [1.82, 2.24) is 5.06 Å². The molecule has 0 aliphatic carbocycles. The van der Waals surface area contributed by atoms with Crippen LogP contribution in [0.15, 0.2) is 12.7 Å². The van der Waals surface area contributed by atoms with Gasteiger partial charge in [-0.25, -0.2) is 0 Å². The lowest BCUT2D eigenvalue weighted by Gasteiger charge is -2.20. The van der Waals surface area contributed by atoms with Gasteiger partial charge in [0.1, 0.15) is 6.10 Å². The summed E-state index contributed by atoms with van der Waals surface area (Å²) >= 11 is 0. The fourth-order valence-corrected chi connectivity index (χ4v) is 1.70. The summed E-state index contributed by atoms with van der Waals surface area (Å²) in [4.78, 5) is 39.9. The van der Waals surface area contributed by atoms with Crippen LogP contribution in [-0.4, -0.2) is 40.0 Å². The molecule has 2 amide bonds. The van der Waals surface area contributed by atoms with Gasteiger partial charge in [-0.3, -0.25) is 19.2 Å². The molecule has 0 spiro atoms. The van der Waals surface area contributed by atoms with Gasteiger partial charge >= 0.3 is 0 Å². The Bertz CT molecular complexity index is 361. The largest absolute Gasteiger partial charge is 0.393 e. The Morgan fingerprint density at radius 1 is 1.47 bits per heavy atom. The number of carbonyl (C=O) groups is 3. The number of aliphatic hydroxyl groups excluding tert-OH is 1. The number of hydroxylamine groups is 2. The Morgan fingerprint density at radius 3 is 2.53 bits per heavy atom. The van der Waals surface area contributed by atoms with E-state index in [1.165, 1.54) is 6.08 Å². The van der Waals surface area contributed by atoms with Crippen LogP contribution in [0.1, 0.15) is 39.0 Å². The Hall–Kier alpha value is -1.53. The molecule has 1 aliphatic heterocycles. The highest BCUT2D eigenvalue weighted by atomic mass is 16.7. The Morgan fingerprint density at radius 2 is 2.05 bits per heavy atom. The van der Waals surface area contributed by atoms with E-state index in [0.29, 0.717) is 11.5 Å². The lowest BCUT2D eigenvalue weighted by Crippen LogP contribution is -2.37. The first kappa shape index (κ1) is 15.5. The van der Waals surface area contributed by atoms with E-state index in [1.807, 2.05) is 0 Å². The van der Waals surface area contributed by atoms with Crippen LogP contribution in [0.5, 0.6) is 0 Å². The van der Waals surface area contributed by atoms with Crippen molar-refractivity contribution in [1.29, 1.82) is 0 Å². The SMILES string of the molecule is C=CCC(ON1C(=O)CCC1=O)C(=O)CCC(C)O. The van der Waals surface area contributed by atoms with Gasteiger partial charge in [0.05, 0.1) is 6.10 Å². The van der Waals surface area contributed by atoms with E-state index in [9.17, 15) is 14.4 Å². The lowest BCUT2D eigenvalue weighted by atomic mass is 10.1. The van der Waals surface area contributed by atoms with E-state index < -0.39 is 24.0 Å². The molecule has 2 atom stereocenters. The summed E-state index contributed by atoms with van der Waals surface area (Å²) in [5.74, 6) is -1.11. The number of rotatable bonds is 8. The molecule has 1 saturated heterocycles. The summed E-state index contributed by atoms with van der Waals surface area (Å²) in [7, 11) is 0. The first-order valence-electron chi connectivity index (χ1n) is 6.30. The van der Waals surface area contributed by atoms with Gasteiger partial charge in [0.2, 0.25) is 0 Å². The number of aliphatic hydroxyl groups is 1. The van der Waals surface area contributed by atoms with Crippen molar-refractivity contribution in [3.05, 3.63) is 12.7 Å². The van der Waals surface area contributed by atoms with Gasteiger partial charge in [0.25, 0.3) is 11.8 Å². The third kappa shape index (κ3) is 4.57. The Labute approximate surface area is 112 Å². The molecule has 0 aromatic rings. The number of amides is 2. The third-order valence-corrected chi connectivity index (χ3v) is 2.79. The maximum Gasteiger partial charge on any atom is 0.254 e. The maximum atomic E-state index is 11.9. The van der Waals surface area contributed by atoms with E-state index in [-0.39, 0.29) is 31.5 Å². The molecule has 19 heavy (non-hydrogen) atoms. The zero-order valence-electron chi connectivity index (χ0n) is 11.0. The molecular formula is C13H19NO5. The number of nitrogens with zero attached hydrogens (tertiary/aromatic N) is 1. The summed E-state index contributed by atoms with van der Waals surface area (Å²) in [5, 5.41) is 9.82. The quantitative estimate of drug-likeness (QED) is 0.519. The lowest BCUT2D eigenvalue weighted by molar-refractivity contribution is -0.202. The molecule has 106 valence electrons. The molecule has 0 saturated carbocycles. The molecule has 0 aromatic carbocycles. The molecule has 1 aliphatic rings. The van der Waals surface area contributed by atoms with Gasteiger partial charge in [0, 0.05) is 25.7 Å². The minimum atomic E-state index is -0.901. The zero-order valence-corrected chi connectivity index (χ0v) is 11.0.